The first-order valence-corrected chi connectivity index (χ1v) is 6.42. The first-order chi connectivity index (χ1) is 9.65. The molecular formula is C14H15ClN2O3. The number of hydrogen-bond donors (Lipinski definition) is 1. The van der Waals surface area contributed by atoms with Crippen LogP contribution in [0.2, 0.25) is 5.02 Å². The number of benzene rings is 1. The van der Waals surface area contributed by atoms with Crippen LogP contribution in [-0.4, -0.2) is 37.9 Å². The number of halogens is 1. The van der Waals surface area contributed by atoms with E-state index < -0.39 is 6.29 Å². The van der Waals surface area contributed by atoms with Crippen LogP contribution in [0.25, 0.3) is 10.9 Å². The van der Waals surface area contributed by atoms with E-state index in [0.29, 0.717) is 10.5 Å². The molecule has 0 bridgehead atoms. The van der Waals surface area contributed by atoms with Crippen LogP contribution in [-0.2, 0) is 9.47 Å². The zero-order valence-corrected chi connectivity index (χ0v) is 12.0. The van der Waals surface area contributed by atoms with E-state index in [2.05, 4.69) is 10.3 Å². The third-order valence-electron chi connectivity index (χ3n) is 2.85. The largest absolute Gasteiger partial charge is 0.354 e. The first kappa shape index (κ1) is 14.7. The Morgan fingerprint density at radius 1 is 1.35 bits per heavy atom. The van der Waals surface area contributed by atoms with Gasteiger partial charge >= 0.3 is 0 Å². The van der Waals surface area contributed by atoms with Gasteiger partial charge in [0.1, 0.15) is 5.69 Å². The monoisotopic (exact) mass is 294 g/mol. The molecule has 5 nitrogen and oxygen atoms in total. The summed E-state index contributed by atoms with van der Waals surface area (Å²) in [5.41, 5.74) is 0.944. The Morgan fingerprint density at radius 2 is 2.05 bits per heavy atom. The summed E-state index contributed by atoms with van der Waals surface area (Å²) >= 11 is 6.15. The number of aromatic nitrogens is 1. The Bertz CT molecular complexity index is 614. The topological polar surface area (TPSA) is 60.5 Å². The van der Waals surface area contributed by atoms with E-state index in [4.69, 9.17) is 21.1 Å². The van der Waals surface area contributed by atoms with Crippen LogP contribution in [0.5, 0.6) is 0 Å². The van der Waals surface area contributed by atoms with Crippen LogP contribution in [0.3, 0.4) is 0 Å². The van der Waals surface area contributed by atoms with Crippen LogP contribution in [0.15, 0.2) is 30.3 Å². The Kier molecular flexibility index (Phi) is 4.89. The average Bonchev–Trinajstić information content (AvgIpc) is 2.48. The number of carbonyl (C=O) groups is 1. The highest BCUT2D eigenvalue weighted by molar-refractivity contribution is 6.35. The van der Waals surface area contributed by atoms with Gasteiger partial charge in [-0.05, 0) is 12.1 Å². The number of nitrogens with one attached hydrogen (secondary N) is 1. The van der Waals surface area contributed by atoms with Crippen molar-refractivity contribution in [1.82, 2.24) is 10.3 Å². The molecule has 20 heavy (non-hydrogen) atoms. The van der Waals surface area contributed by atoms with Crippen LogP contribution >= 0.6 is 11.6 Å². The second-order valence-electron chi connectivity index (χ2n) is 4.12. The maximum atomic E-state index is 12.0. The normalized spacial score (nSPS) is 11.0. The minimum Gasteiger partial charge on any atom is -0.354 e. The van der Waals surface area contributed by atoms with Gasteiger partial charge in [0.25, 0.3) is 5.91 Å². The molecule has 0 fully saturated rings. The molecule has 0 radical (unpaired) electrons. The fraction of sp³-hybridized carbons (Fsp3) is 0.286. The highest BCUT2D eigenvalue weighted by Gasteiger charge is 2.13. The van der Waals surface area contributed by atoms with Crippen LogP contribution < -0.4 is 5.32 Å². The Balaban J connectivity index is 2.18. The lowest BCUT2D eigenvalue weighted by atomic mass is 10.2. The number of ether oxygens (including phenoxy) is 2. The minimum atomic E-state index is -0.491. The molecule has 6 heteroatoms. The zero-order chi connectivity index (χ0) is 14.5. The predicted molar refractivity (Wildman–Crippen MR) is 76.9 cm³/mol. The lowest BCUT2D eigenvalue weighted by Gasteiger charge is -2.14. The van der Waals surface area contributed by atoms with Gasteiger partial charge in [-0.3, -0.25) is 4.79 Å². The molecule has 0 aliphatic carbocycles. The molecule has 1 N–H and O–H groups in total. The lowest BCUT2D eigenvalue weighted by Crippen LogP contribution is -2.34. The molecule has 106 valence electrons. The number of nitrogens with zero attached hydrogens (tertiary/aromatic N) is 1. The molecule has 0 spiro atoms. The van der Waals surface area contributed by atoms with Crippen molar-refractivity contribution in [3.63, 3.8) is 0 Å². The maximum Gasteiger partial charge on any atom is 0.270 e. The quantitative estimate of drug-likeness (QED) is 0.859. The summed E-state index contributed by atoms with van der Waals surface area (Å²) < 4.78 is 9.99. The molecule has 2 aromatic rings. The standard InChI is InChI=1S/C14H15ClN2O3/c1-19-13(20-2)8-16-14(18)12-7-10(15)9-5-3-4-6-11(9)17-12/h3-7,13H,8H2,1-2H3,(H,16,18). The number of pyridine rings is 1. The summed E-state index contributed by atoms with van der Waals surface area (Å²) in [6.07, 6.45) is -0.491. The van der Waals surface area contributed by atoms with Gasteiger partial charge in [0, 0.05) is 19.6 Å². The van der Waals surface area contributed by atoms with Gasteiger partial charge in [0.05, 0.1) is 17.1 Å². The number of methoxy groups -OCH3 is 2. The highest BCUT2D eigenvalue weighted by Crippen LogP contribution is 2.22. The number of amides is 1. The van der Waals surface area contributed by atoms with Gasteiger partial charge in [-0.1, -0.05) is 29.8 Å². The van der Waals surface area contributed by atoms with E-state index in [1.54, 1.807) is 6.07 Å². The lowest BCUT2D eigenvalue weighted by molar-refractivity contribution is -0.0974. The van der Waals surface area contributed by atoms with Crippen molar-refractivity contribution in [1.29, 1.82) is 0 Å². The van der Waals surface area contributed by atoms with E-state index in [0.717, 1.165) is 5.39 Å². The third kappa shape index (κ3) is 3.25. The summed E-state index contributed by atoms with van der Waals surface area (Å²) in [6, 6.07) is 8.94. The van der Waals surface area contributed by atoms with Crippen molar-refractivity contribution in [2.75, 3.05) is 20.8 Å². The SMILES string of the molecule is COC(CNC(=O)c1cc(Cl)c2ccccc2n1)OC. The first-order valence-electron chi connectivity index (χ1n) is 6.04. The molecule has 2 rings (SSSR count). The van der Waals surface area contributed by atoms with Crippen LogP contribution in [0.1, 0.15) is 10.5 Å². The van der Waals surface area contributed by atoms with Gasteiger partial charge in [0.15, 0.2) is 6.29 Å². The van der Waals surface area contributed by atoms with Gasteiger partial charge in [-0.25, -0.2) is 4.98 Å². The summed E-state index contributed by atoms with van der Waals surface area (Å²) in [7, 11) is 3.01. The van der Waals surface area contributed by atoms with Crippen LogP contribution in [0, 0.1) is 0 Å². The molecule has 1 aromatic carbocycles. The van der Waals surface area contributed by atoms with E-state index in [1.165, 1.54) is 14.2 Å². The fourth-order valence-corrected chi connectivity index (χ4v) is 2.04. The molecular weight excluding hydrogens is 280 g/mol. The van der Waals surface area contributed by atoms with E-state index in [1.807, 2.05) is 24.3 Å². The molecule has 1 aromatic heterocycles. The molecule has 0 atom stereocenters. The third-order valence-corrected chi connectivity index (χ3v) is 3.17. The van der Waals surface area contributed by atoms with Crippen LogP contribution in [0.4, 0.5) is 0 Å². The van der Waals surface area contributed by atoms with Crippen molar-refractivity contribution in [3.8, 4) is 0 Å². The Morgan fingerprint density at radius 3 is 2.75 bits per heavy atom. The molecule has 0 saturated carbocycles. The maximum absolute atomic E-state index is 12.0. The van der Waals surface area contributed by atoms with Crippen molar-refractivity contribution in [2.24, 2.45) is 0 Å². The fourth-order valence-electron chi connectivity index (χ4n) is 1.78. The number of rotatable bonds is 5. The highest BCUT2D eigenvalue weighted by atomic mass is 35.5. The molecule has 0 aliphatic rings. The molecule has 0 saturated heterocycles. The number of carbonyl (C=O) groups excluding carboxylic acids is 1. The molecule has 1 heterocycles. The molecule has 1 amide bonds. The number of fused-ring (bicyclic) bond motifs is 1. The van der Waals surface area contributed by atoms with Gasteiger partial charge < -0.3 is 14.8 Å². The molecule has 0 unspecified atom stereocenters. The van der Waals surface area contributed by atoms with E-state index >= 15 is 0 Å². The number of para-hydroxylation sites is 1. The van der Waals surface area contributed by atoms with E-state index in [-0.39, 0.29) is 18.1 Å². The average molecular weight is 295 g/mol. The van der Waals surface area contributed by atoms with Gasteiger partial charge in [-0.2, -0.15) is 0 Å². The summed E-state index contributed by atoms with van der Waals surface area (Å²) in [5.74, 6) is -0.322. The second kappa shape index (κ2) is 6.65. The van der Waals surface area contributed by atoms with Crippen molar-refractivity contribution in [3.05, 3.63) is 41.0 Å². The minimum absolute atomic E-state index is 0.234. The second-order valence-corrected chi connectivity index (χ2v) is 4.52. The van der Waals surface area contributed by atoms with Crippen molar-refractivity contribution in [2.45, 2.75) is 6.29 Å². The van der Waals surface area contributed by atoms with Gasteiger partial charge in [-0.15, -0.1) is 0 Å². The Labute approximate surface area is 121 Å². The molecule has 0 aliphatic heterocycles. The smallest absolute Gasteiger partial charge is 0.270 e. The Hall–Kier alpha value is -1.69. The van der Waals surface area contributed by atoms with E-state index in [9.17, 15) is 4.79 Å². The van der Waals surface area contributed by atoms with Crippen molar-refractivity contribution >= 4 is 28.4 Å². The predicted octanol–water partition coefficient (Wildman–Crippen LogP) is 2.24. The zero-order valence-electron chi connectivity index (χ0n) is 11.2. The van der Waals surface area contributed by atoms with Crippen molar-refractivity contribution < 1.29 is 14.3 Å². The van der Waals surface area contributed by atoms with Gasteiger partial charge in [0.2, 0.25) is 0 Å². The number of hydrogen-bond acceptors (Lipinski definition) is 4. The summed E-state index contributed by atoms with van der Waals surface area (Å²) in [6.45, 7) is 0.234. The summed E-state index contributed by atoms with van der Waals surface area (Å²) in [4.78, 5) is 16.3. The summed E-state index contributed by atoms with van der Waals surface area (Å²) in [5, 5.41) is 4.00.